The van der Waals surface area contributed by atoms with Gasteiger partial charge in [0, 0.05) is 11.4 Å². The number of aromatic carboxylic acids is 1. The molecule has 0 saturated carbocycles. The Labute approximate surface area is 108 Å². The monoisotopic (exact) mass is 265 g/mol. The van der Waals surface area contributed by atoms with Crippen molar-refractivity contribution >= 4 is 23.0 Å². The van der Waals surface area contributed by atoms with Gasteiger partial charge in [0.2, 0.25) is 0 Å². The van der Waals surface area contributed by atoms with E-state index in [1.807, 2.05) is 17.5 Å². The van der Waals surface area contributed by atoms with Crippen molar-refractivity contribution < 1.29 is 14.3 Å². The minimum Gasteiger partial charge on any atom is -0.478 e. The zero-order valence-electron chi connectivity index (χ0n) is 9.52. The van der Waals surface area contributed by atoms with Gasteiger partial charge in [-0.25, -0.2) is 9.18 Å². The first-order valence-corrected chi connectivity index (χ1v) is 6.34. The lowest BCUT2D eigenvalue weighted by molar-refractivity contribution is 0.0693. The van der Waals surface area contributed by atoms with Crippen LogP contribution < -0.4 is 5.32 Å². The highest BCUT2D eigenvalue weighted by atomic mass is 32.1. The molecule has 18 heavy (non-hydrogen) atoms. The van der Waals surface area contributed by atoms with Crippen LogP contribution in [0, 0.1) is 5.82 Å². The van der Waals surface area contributed by atoms with Crippen LogP contribution in [0.5, 0.6) is 0 Å². The number of halogens is 1. The van der Waals surface area contributed by atoms with E-state index in [0.29, 0.717) is 12.2 Å². The largest absolute Gasteiger partial charge is 0.478 e. The molecular weight excluding hydrogens is 253 g/mol. The summed E-state index contributed by atoms with van der Waals surface area (Å²) in [4.78, 5) is 12.2. The summed E-state index contributed by atoms with van der Waals surface area (Å²) in [6.45, 7) is 0.574. The molecule has 0 atom stereocenters. The number of benzene rings is 1. The molecule has 0 bridgehead atoms. The summed E-state index contributed by atoms with van der Waals surface area (Å²) >= 11 is 1.64. The Morgan fingerprint density at radius 2 is 2.17 bits per heavy atom. The van der Waals surface area contributed by atoms with Gasteiger partial charge in [-0.1, -0.05) is 12.1 Å². The van der Waals surface area contributed by atoms with Crippen molar-refractivity contribution in [1.82, 2.24) is 0 Å². The quantitative estimate of drug-likeness (QED) is 0.872. The van der Waals surface area contributed by atoms with E-state index in [9.17, 15) is 9.18 Å². The summed E-state index contributed by atoms with van der Waals surface area (Å²) in [7, 11) is 0. The second-order valence-corrected chi connectivity index (χ2v) is 4.76. The van der Waals surface area contributed by atoms with Gasteiger partial charge in [-0.3, -0.25) is 0 Å². The third kappa shape index (κ3) is 2.87. The van der Waals surface area contributed by atoms with E-state index < -0.39 is 11.8 Å². The molecule has 5 heteroatoms. The molecule has 2 aromatic rings. The normalized spacial score (nSPS) is 10.3. The van der Waals surface area contributed by atoms with E-state index in [0.717, 1.165) is 12.5 Å². The van der Waals surface area contributed by atoms with Crippen LogP contribution in [0.1, 0.15) is 15.2 Å². The Kier molecular flexibility index (Phi) is 3.94. The molecule has 0 radical (unpaired) electrons. The zero-order chi connectivity index (χ0) is 13.0. The molecule has 0 aliphatic rings. The van der Waals surface area contributed by atoms with Crippen molar-refractivity contribution in [2.75, 3.05) is 11.9 Å². The molecule has 3 nitrogen and oxygen atoms in total. The minimum absolute atomic E-state index is 0.302. The summed E-state index contributed by atoms with van der Waals surface area (Å²) in [6.07, 6.45) is 0.785. The molecular formula is C13H12FNO2S. The zero-order valence-corrected chi connectivity index (χ0v) is 10.3. The number of hydrogen-bond acceptors (Lipinski definition) is 3. The second kappa shape index (κ2) is 5.64. The second-order valence-electron chi connectivity index (χ2n) is 3.72. The predicted octanol–water partition coefficient (Wildman–Crippen LogP) is 3.24. The molecule has 94 valence electrons. The van der Waals surface area contributed by atoms with Gasteiger partial charge >= 0.3 is 5.97 Å². The summed E-state index contributed by atoms with van der Waals surface area (Å²) in [5, 5.41) is 13.9. The molecule has 0 unspecified atom stereocenters. The Balaban J connectivity index is 2.05. The first-order valence-electron chi connectivity index (χ1n) is 5.46. The first-order chi connectivity index (χ1) is 8.68. The van der Waals surface area contributed by atoms with Gasteiger partial charge in [0.15, 0.2) is 0 Å². The van der Waals surface area contributed by atoms with Gasteiger partial charge in [0.1, 0.15) is 11.4 Å². The number of nitrogens with one attached hydrogen (secondary N) is 1. The fourth-order valence-corrected chi connectivity index (χ4v) is 2.37. The maximum absolute atomic E-state index is 13.4. The molecule has 0 amide bonds. The maximum atomic E-state index is 13.4. The van der Waals surface area contributed by atoms with Crippen molar-refractivity contribution in [1.29, 1.82) is 0 Å². The summed E-state index contributed by atoms with van der Waals surface area (Å²) in [5.74, 6) is -1.98. The molecule has 1 aromatic carbocycles. The van der Waals surface area contributed by atoms with Gasteiger partial charge in [-0.2, -0.15) is 0 Å². The van der Waals surface area contributed by atoms with Crippen LogP contribution in [-0.2, 0) is 6.42 Å². The van der Waals surface area contributed by atoms with Crippen molar-refractivity contribution in [3.05, 3.63) is 52.0 Å². The number of carboxylic acids is 1. The number of carboxylic acid groups (broad SMARTS) is 1. The van der Waals surface area contributed by atoms with Crippen LogP contribution in [0.25, 0.3) is 0 Å². The fourth-order valence-electron chi connectivity index (χ4n) is 1.66. The summed E-state index contributed by atoms with van der Waals surface area (Å²) < 4.78 is 13.4. The maximum Gasteiger partial charge on any atom is 0.340 e. The van der Waals surface area contributed by atoms with E-state index in [4.69, 9.17) is 5.11 Å². The Bertz CT molecular complexity index is 540. The van der Waals surface area contributed by atoms with E-state index in [1.54, 1.807) is 17.4 Å². The average molecular weight is 265 g/mol. The van der Waals surface area contributed by atoms with Crippen LogP contribution >= 0.6 is 11.3 Å². The Morgan fingerprint density at radius 1 is 1.33 bits per heavy atom. The highest BCUT2D eigenvalue weighted by Gasteiger charge is 2.14. The van der Waals surface area contributed by atoms with E-state index in [-0.39, 0.29) is 5.56 Å². The SMILES string of the molecule is O=C(O)c1c(F)cccc1NCCc1cccs1. The Hall–Kier alpha value is -1.88. The van der Waals surface area contributed by atoms with Crippen LogP contribution in [-0.4, -0.2) is 17.6 Å². The number of hydrogen-bond donors (Lipinski definition) is 2. The lowest BCUT2D eigenvalue weighted by atomic mass is 10.1. The fraction of sp³-hybridized carbons (Fsp3) is 0.154. The molecule has 0 spiro atoms. The summed E-state index contributed by atoms with van der Waals surface area (Å²) in [6, 6.07) is 8.19. The number of anilines is 1. The Morgan fingerprint density at radius 3 is 2.83 bits per heavy atom. The van der Waals surface area contributed by atoms with Crippen LogP contribution in [0.2, 0.25) is 0 Å². The molecule has 0 aliphatic heterocycles. The van der Waals surface area contributed by atoms with Gasteiger partial charge in [0.25, 0.3) is 0 Å². The third-order valence-electron chi connectivity index (χ3n) is 2.49. The molecule has 2 N–H and O–H groups in total. The molecule has 1 heterocycles. The highest BCUT2D eigenvalue weighted by Crippen LogP contribution is 2.19. The van der Waals surface area contributed by atoms with Crippen molar-refractivity contribution in [2.24, 2.45) is 0 Å². The molecule has 0 fully saturated rings. The lowest BCUT2D eigenvalue weighted by Crippen LogP contribution is -2.10. The van der Waals surface area contributed by atoms with Gasteiger partial charge in [0.05, 0.1) is 5.69 Å². The molecule has 1 aromatic heterocycles. The van der Waals surface area contributed by atoms with Crippen molar-refractivity contribution in [3.63, 3.8) is 0 Å². The predicted molar refractivity (Wildman–Crippen MR) is 69.9 cm³/mol. The summed E-state index contributed by atoms with van der Waals surface area (Å²) in [5.41, 5.74) is 0.0164. The van der Waals surface area contributed by atoms with E-state index >= 15 is 0 Å². The topological polar surface area (TPSA) is 49.3 Å². The third-order valence-corrected chi connectivity index (χ3v) is 3.43. The van der Waals surface area contributed by atoms with Gasteiger partial charge in [-0.15, -0.1) is 11.3 Å². The van der Waals surface area contributed by atoms with Crippen molar-refractivity contribution in [2.45, 2.75) is 6.42 Å². The van der Waals surface area contributed by atoms with Crippen LogP contribution in [0.3, 0.4) is 0 Å². The van der Waals surface area contributed by atoms with E-state index in [1.165, 1.54) is 10.9 Å². The molecule has 0 saturated heterocycles. The molecule has 2 rings (SSSR count). The first kappa shape index (κ1) is 12.6. The van der Waals surface area contributed by atoms with Crippen LogP contribution in [0.15, 0.2) is 35.7 Å². The van der Waals surface area contributed by atoms with Gasteiger partial charge in [-0.05, 0) is 30.0 Å². The molecule has 0 aliphatic carbocycles. The van der Waals surface area contributed by atoms with Crippen LogP contribution in [0.4, 0.5) is 10.1 Å². The highest BCUT2D eigenvalue weighted by molar-refractivity contribution is 7.09. The standard InChI is InChI=1S/C13H12FNO2S/c14-10-4-1-5-11(12(10)13(16)17)15-7-6-9-3-2-8-18-9/h1-5,8,15H,6-7H2,(H,16,17). The minimum atomic E-state index is -1.26. The lowest BCUT2D eigenvalue weighted by Gasteiger charge is -2.09. The number of rotatable bonds is 5. The van der Waals surface area contributed by atoms with E-state index in [2.05, 4.69) is 5.32 Å². The number of carbonyl (C=O) groups is 1. The smallest absolute Gasteiger partial charge is 0.340 e. The number of thiophene rings is 1. The average Bonchev–Trinajstić information content (AvgIpc) is 2.81. The van der Waals surface area contributed by atoms with Crippen molar-refractivity contribution in [3.8, 4) is 0 Å². The van der Waals surface area contributed by atoms with Gasteiger partial charge < -0.3 is 10.4 Å².